The van der Waals surface area contributed by atoms with Gasteiger partial charge in [-0.05, 0) is 38.5 Å². The maximum Gasteiger partial charge on any atom is 0.241 e. The Morgan fingerprint density at radius 3 is 2.86 bits per heavy atom. The highest BCUT2D eigenvalue weighted by molar-refractivity contribution is 5.95. The predicted molar refractivity (Wildman–Crippen MR) is 84.6 cm³/mol. The summed E-state index contributed by atoms with van der Waals surface area (Å²) in [5.74, 6) is 0.651. The van der Waals surface area contributed by atoms with E-state index < -0.39 is 0 Å². The zero-order valence-electron chi connectivity index (χ0n) is 13.1. The number of fused-ring (bicyclic) bond motifs is 1. The number of rotatable bonds is 6. The van der Waals surface area contributed by atoms with Gasteiger partial charge in [-0.1, -0.05) is 13.3 Å². The second-order valence-electron chi connectivity index (χ2n) is 5.48. The number of benzene rings is 1. The largest absolute Gasteiger partial charge is 0.473 e. The first-order valence-electron chi connectivity index (χ1n) is 7.44. The summed E-state index contributed by atoms with van der Waals surface area (Å²) in [6.45, 7) is 6.01. The molecule has 0 atom stereocenters. The lowest BCUT2D eigenvalue weighted by atomic mass is 10.2. The molecule has 0 radical (unpaired) electrons. The van der Waals surface area contributed by atoms with Crippen LogP contribution in [0.1, 0.15) is 40.0 Å². The number of nitrogens with one attached hydrogen (secondary N) is 1. The summed E-state index contributed by atoms with van der Waals surface area (Å²) >= 11 is 0. The summed E-state index contributed by atoms with van der Waals surface area (Å²) in [5, 5.41) is 8.22. The maximum absolute atomic E-state index is 11.8. The highest BCUT2D eigenvalue weighted by Gasteiger charge is 2.12. The van der Waals surface area contributed by atoms with Crippen molar-refractivity contribution in [3.05, 3.63) is 18.2 Å². The normalized spacial score (nSPS) is 11.1. The number of ether oxygens (including phenoxy) is 1. The van der Waals surface area contributed by atoms with Crippen molar-refractivity contribution in [2.45, 2.75) is 46.1 Å². The average molecular weight is 289 g/mol. The lowest BCUT2D eigenvalue weighted by Gasteiger charge is -2.07. The van der Waals surface area contributed by atoms with Crippen LogP contribution < -0.4 is 10.1 Å². The minimum atomic E-state index is 0.0476. The molecule has 0 saturated heterocycles. The van der Waals surface area contributed by atoms with E-state index in [1.807, 2.05) is 39.1 Å². The lowest BCUT2D eigenvalue weighted by molar-refractivity contribution is -0.116. The van der Waals surface area contributed by atoms with Gasteiger partial charge in [0.25, 0.3) is 0 Å². The molecule has 114 valence electrons. The Bertz CT molecular complexity index is 632. The number of hydrogen-bond donors (Lipinski definition) is 1. The van der Waals surface area contributed by atoms with Crippen LogP contribution in [0, 0.1) is 0 Å². The second-order valence-corrected chi connectivity index (χ2v) is 5.48. The topological polar surface area (TPSA) is 56.1 Å². The summed E-state index contributed by atoms with van der Waals surface area (Å²) in [4.78, 5) is 11.8. The Labute approximate surface area is 125 Å². The predicted octanol–water partition coefficient (Wildman–Crippen LogP) is 3.49. The third-order valence-electron chi connectivity index (χ3n) is 3.20. The molecule has 1 aromatic carbocycles. The van der Waals surface area contributed by atoms with Crippen LogP contribution in [0.5, 0.6) is 5.88 Å². The highest BCUT2D eigenvalue weighted by atomic mass is 16.5. The molecule has 5 nitrogen and oxygen atoms in total. The Hall–Kier alpha value is -2.04. The monoisotopic (exact) mass is 289 g/mol. The van der Waals surface area contributed by atoms with Crippen LogP contribution in [0.3, 0.4) is 0 Å². The third-order valence-corrected chi connectivity index (χ3v) is 3.20. The van der Waals surface area contributed by atoms with Crippen LogP contribution in [0.25, 0.3) is 10.9 Å². The fraction of sp³-hybridized carbons (Fsp3) is 0.500. The Balaban J connectivity index is 2.25. The molecule has 21 heavy (non-hydrogen) atoms. The molecule has 0 unspecified atom stereocenters. The van der Waals surface area contributed by atoms with E-state index in [2.05, 4.69) is 17.3 Å². The summed E-state index contributed by atoms with van der Waals surface area (Å²) in [5.41, 5.74) is 1.77. The molecule has 0 bridgehead atoms. The molecule has 1 amide bonds. The molecule has 0 spiro atoms. The quantitative estimate of drug-likeness (QED) is 0.885. The van der Waals surface area contributed by atoms with Gasteiger partial charge in [0.05, 0.1) is 17.0 Å². The summed E-state index contributed by atoms with van der Waals surface area (Å²) < 4.78 is 7.52. The molecule has 2 aromatic rings. The van der Waals surface area contributed by atoms with Crippen molar-refractivity contribution in [1.29, 1.82) is 0 Å². The molecule has 0 aliphatic rings. The SMILES string of the molecule is CCCCC(=O)Nc1ccc2c(c1)c(OC(C)C)nn2C. The zero-order chi connectivity index (χ0) is 15.4. The van der Waals surface area contributed by atoms with E-state index in [-0.39, 0.29) is 12.0 Å². The van der Waals surface area contributed by atoms with Crippen LogP contribution in [0.15, 0.2) is 18.2 Å². The number of aromatic nitrogens is 2. The summed E-state index contributed by atoms with van der Waals surface area (Å²) in [6, 6.07) is 5.77. The van der Waals surface area contributed by atoms with E-state index in [1.165, 1.54) is 0 Å². The van der Waals surface area contributed by atoms with Gasteiger partial charge in [0.1, 0.15) is 0 Å². The van der Waals surface area contributed by atoms with Crippen LogP contribution in [0.2, 0.25) is 0 Å². The van der Waals surface area contributed by atoms with Crippen molar-refractivity contribution in [3.8, 4) is 5.88 Å². The van der Waals surface area contributed by atoms with E-state index in [9.17, 15) is 4.79 Å². The average Bonchev–Trinajstić information content (AvgIpc) is 2.72. The maximum atomic E-state index is 11.8. The Morgan fingerprint density at radius 1 is 1.43 bits per heavy atom. The minimum Gasteiger partial charge on any atom is -0.473 e. The lowest BCUT2D eigenvalue weighted by Crippen LogP contribution is -2.10. The van der Waals surface area contributed by atoms with Crippen LogP contribution in [-0.4, -0.2) is 21.8 Å². The first kappa shape index (κ1) is 15.4. The van der Waals surface area contributed by atoms with Gasteiger partial charge in [-0.3, -0.25) is 9.48 Å². The van der Waals surface area contributed by atoms with Crippen molar-refractivity contribution in [3.63, 3.8) is 0 Å². The number of aryl methyl sites for hydroxylation is 1. The Kier molecular flexibility index (Phi) is 4.83. The van der Waals surface area contributed by atoms with E-state index >= 15 is 0 Å². The molecule has 1 N–H and O–H groups in total. The highest BCUT2D eigenvalue weighted by Crippen LogP contribution is 2.28. The third kappa shape index (κ3) is 3.74. The second kappa shape index (κ2) is 6.61. The molecular formula is C16H23N3O2. The van der Waals surface area contributed by atoms with Gasteiger partial charge in [0.15, 0.2) is 0 Å². The van der Waals surface area contributed by atoms with Gasteiger partial charge in [-0.15, -0.1) is 5.10 Å². The molecule has 0 aliphatic carbocycles. The number of carbonyl (C=O) groups is 1. The number of unbranched alkanes of at least 4 members (excludes halogenated alkanes) is 1. The number of carbonyl (C=O) groups excluding carboxylic acids is 1. The number of anilines is 1. The van der Waals surface area contributed by atoms with Gasteiger partial charge in [-0.2, -0.15) is 0 Å². The smallest absolute Gasteiger partial charge is 0.241 e. The van der Waals surface area contributed by atoms with Crippen LogP contribution >= 0.6 is 0 Å². The van der Waals surface area contributed by atoms with Gasteiger partial charge in [-0.25, -0.2) is 0 Å². The minimum absolute atomic E-state index is 0.0476. The van der Waals surface area contributed by atoms with Crippen molar-refractivity contribution in [1.82, 2.24) is 9.78 Å². The molecule has 5 heteroatoms. The summed E-state index contributed by atoms with van der Waals surface area (Å²) in [6.07, 6.45) is 2.53. The van der Waals surface area contributed by atoms with E-state index in [4.69, 9.17) is 4.74 Å². The Morgan fingerprint density at radius 2 is 2.19 bits per heavy atom. The molecule has 1 aromatic heterocycles. The van der Waals surface area contributed by atoms with Gasteiger partial charge in [0.2, 0.25) is 11.8 Å². The van der Waals surface area contributed by atoms with Gasteiger partial charge < -0.3 is 10.1 Å². The van der Waals surface area contributed by atoms with Crippen LogP contribution in [0.4, 0.5) is 5.69 Å². The molecule has 1 heterocycles. The van der Waals surface area contributed by atoms with Crippen molar-refractivity contribution >= 4 is 22.5 Å². The van der Waals surface area contributed by atoms with Crippen molar-refractivity contribution in [2.24, 2.45) is 7.05 Å². The molecule has 2 rings (SSSR count). The zero-order valence-corrected chi connectivity index (χ0v) is 13.1. The number of amides is 1. The van der Waals surface area contributed by atoms with E-state index in [0.717, 1.165) is 29.4 Å². The van der Waals surface area contributed by atoms with Crippen molar-refractivity contribution in [2.75, 3.05) is 5.32 Å². The number of hydrogen-bond acceptors (Lipinski definition) is 3. The van der Waals surface area contributed by atoms with Gasteiger partial charge in [0, 0.05) is 19.2 Å². The van der Waals surface area contributed by atoms with Crippen molar-refractivity contribution < 1.29 is 9.53 Å². The first-order valence-corrected chi connectivity index (χ1v) is 7.44. The standard InChI is InChI=1S/C16H23N3O2/c1-5-6-7-15(20)17-12-8-9-14-13(10-12)16(18-19(14)4)21-11(2)3/h8-11H,5-7H2,1-4H3,(H,17,20). The first-order chi connectivity index (χ1) is 10.0. The molecule has 0 aliphatic heterocycles. The fourth-order valence-electron chi connectivity index (χ4n) is 2.18. The van der Waals surface area contributed by atoms with E-state index in [1.54, 1.807) is 4.68 Å². The number of nitrogens with zero attached hydrogens (tertiary/aromatic N) is 2. The molecule has 0 fully saturated rings. The van der Waals surface area contributed by atoms with E-state index in [0.29, 0.717) is 12.3 Å². The molecule has 0 saturated carbocycles. The molecular weight excluding hydrogens is 266 g/mol. The summed E-state index contributed by atoms with van der Waals surface area (Å²) in [7, 11) is 1.88. The fourth-order valence-corrected chi connectivity index (χ4v) is 2.18. The van der Waals surface area contributed by atoms with Gasteiger partial charge >= 0.3 is 0 Å². The van der Waals surface area contributed by atoms with Crippen LogP contribution in [-0.2, 0) is 11.8 Å².